The minimum Gasteiger partial charge on any atom is -0.273 e. The summed E-state index contributed by atoms with van der Waals surface area (Å²) in [4.78, 5) is 18.7. The summed E-state index contributed by atoms with van der Waals surface area (Å²) in [6.07, 6.45) is 1.72. The zero-order chi connectivity index (χ0) is 13.6. The zero-order valence-electron chi connectivity index (χ0n) is 10.7. The van der Waals surface area contributed by atoms with Gasteiger partial charge in [0.2, 0.25) is 5.91 Å². The van der Waals surface area contributed by atoms with Gasteiger partial charge >= 0.3 is 0 Å². The van der Waals surface area contributed by atoms with Crippen molar-refractivity contribution >= 4 is 33.3 Å². The van der Waals surface area contributed by atoms with E-state index >= 15 is 0 Å². The van der Waals surface area contributed by atoms with Gasteiger partial charge in [-0.15, -0.1) is 0 Å². The first-order valence-electron chi connectivity index (χ1n) is 6.07. The van der Waals surface area contributed by atoms with Crippen molar-refractivity contribution in [3.8, 4) is 0 Å². The van der Waals surface area contributed by atoms with Gasteiger partial charge in [0.05, 0.1) is 11.1 Å². The van der Waals surface area contributed by atoms with Gasteiger partial charge in [0.25, 0.3) is 0 Å². The second kappa shape index (κ2) is 4.17. The second-order valence-electron chi connectivity index (χ2n) is 5.12. The SMILES string of the molecule is CC1(C)C(=O)N(c2ccc(Br)cc2)c2ncccc21. The Morgan fingerprint density at radius 1 is 1.16 bits per heavy atom. The van der Waals surface area contributed by atoms with Crippen LogP contribution in [0.15, 0.2) is 47.1 Å². The Morgan fingerprint density at radius 2 is 1.84 bits per heavy atom. The van der Waals surface area contributed by atoms with Crippen LogP contribution in [-0.4, -0.2) is 10.9 Å². The molecular formula is C15H13BrN2O. The third-order valence-electron chi connectivity index (χ3n) is 3.49. The van der Waals surface area contributed by atoms with Crippen molar-refractivity contribution in [2.24, 2.45) is 0 Å². The Balaban J connectivity index is 2.18. The van der Waals surface area contributed by atoms with Crippen molar-refractivity contribution in [2.75, 3.05) is 4.90 Å². The third-order valence-corrected chi connectivity index (χ3v) is 4.02. The highest BCUT2D eigenvalue weighted by Gasteiger charge is 2.45. The summed E-state index contributed by atoms with van der Waals surface area (Å²) in [5, 5.41) is 0. The zero-order valence-corrected chi connectivity index (χ0v) is 12.3. The van der Waals surface area contributed by atoms with Gasteiger partial charge in [-0.05, 0) is 44.2 Å². The van der Waals surface area contributed by atoms with Crippen LogP contribution < -0.4 is 4.90 Å². The lowest BCUT2D eigenvalue weighted by atomic mass is 9.87. The number of benzene rings is 1. The lowest BCUT2D eigenvalue weighted by Crippen LogP contribution is -2.33. The summed E-state index contributed by atoms with van der Waals surface area (Å²) in [6, 6.07) is 11.5. The van der Waals surface area contributed by atoms with Gasteiger partial charge in [0.15, 0.2) is 0 Å². The van der Waals surface area contributed by atoms with E-state index in [0.717, 1.165) is 21.5 Å². The van der Waals surface area contributed by atoms with Gasteiger partial charge in [-0.3, -0.25) is 9.69 Å². The first kappa shape index (κ1) is 12.4. The topological polar surface area (TPSA) is 33.2 Å². The molecule has 0 unspecified atom stereocenters. The van der Waals surface area contributed by atoms with Gasteiger partial charge in [0.1, 0.15) is 5.82 Å². The average Bonchev–Trinajstić information content (AvgIpc) is 2.60. The maximum atomic E-state index is 12.6. The van der Waals surface area contributed by atoms with E-state index in [1.165, 1.54) is 0 Å². The number of carbonyl (C=O) groups is 1. The highest BCUT2D eigenvalue weighted by molar-refractivity contribution is 9.10. The maximum Gasteiger partial charge on any atom is 0.242 e. The molecule has 0 N–H and O–H groups in total. The quantitative estimate of drug-likeness (QED) is 0.801. The molecule has 2 aromatic rings. The first-order valence-corrected chi connectivity index (χ1v) is 6.87. The monoisotopic (exact) mass is 316 g/mol. The number of halogens is 1. The highest BCUT2D eigenvalue weighted by atomic mass is 79.9. The Kier molecular flexibility index (Phi) is 2.71. The molecular weight excluding hydrogens is 304 g/mol. The van der Waals surface area contributed by atoms with Crippen LogP contribution in [-0.2, 0) is 10.2 Å². The molecule has 0 fully saturated rings. The number of fused-ring (bicyclic) bond motifs is 1. The molecule has 96 valence electrons. The molecule has 1 amide bonds. The van der Waals surface area contributed by atoms with Crippen molar-refractivity contribution in [3.63, 3.8) is 0 Å². The average molecular weight is 317 g/mol. The molecule has 0 saturated carbocycles. The van der Waals surface area contributed by atoms with Gasteiger partial charge in [-0.1, -0.05) is 22.0 Å². The van der Waals surface area contributed by atoms with E-state index in [-0.39, 0.29) is 5.91 Å². The number of carbonyl (C=O) groups excluding carboxylic acids is 1. The van der Waals surface area contributed by atoms with Crippen LogP contribution in [0.2, 0.25) is 0 Å². The van der Waals surface area contributed by atoms with Crippen LogP contribution in [0.3, 0.4) is 0 Å². The van der Waals surface area contributed by atoms with Crippen molar-refractivity contribution in [1.29, 1.82) is 0 Å². The van der Waals surface area contributed by atoms with Crippen molar-refractivity contribution in [3.05, 3.63) is 52.6 Å². The van der Waals surface area contributed by atoms with Crippen LogP contribution in [0.1, 0.15) is 19.4 Å². The van der Waals surface area contributed by atoms with Crippen molar-refractivity contribution in [1.82, 2.24) is 4.98 Å². The maximum absolute atomic E-state index is 12.6. The van der Waals surface area contributed by atoms with E-state index in [0.29, 0.717) is 0 Å². The van der Waals surface area contributed by atoms with E-state index in [2.05, 4.69) is 20.9 Å². The van der Waals surface area contributed by atoms with Crippen LogP contribution in [0.5, 0.6) is 0 Å². The fourth-order valence-electron chi connectivity index (χ4n) is 2.38. The fraction of sp³-hybridized carbons (Fsp3) is 0.200. The molecule has 1 aromatic heterocycles. The Labute approximate surface area is 120 Å². The number of hydrogen-bond acceptors (Lipinski definition) is 2. The molecule has 1 aliphatic rings. The van der Waals surface area contributed by atoms with Gasteiger partial charge in [-0.2, -0.15) is 0 Å². The number of pyridine rings is 1. The van der Waals surface area contributed by atoms with E-state index in [9.17, 15) is 4.79 Å². The largest absolute Gasteiger partial charge is 0.273 e. The molecule has 4 heteroatoms. The lowest BCUT2D eigenvalue weighted by Gasteiger charge is -2.19. The van der Waals surface area contributed by atoms with Crippen molar-refractivity contribution < 1.29 is 4.79 Å². The molecule has 2 heterocycles. The fourth-order valence-corrected chi connectivity index (χ4v) is 2.65. The molecule has 3 rings (SSSR count). The summed E-state index contributed by atoms with van der Waals surface area (Å²) in [7, 11) is 0. The first-order chi connectivity index (χ1) is 9.01. The molecule has 1 aromatic carbocycles. The van der Waals surface area contributed by atoms with Crippen LogP contribution >= 0.6 is 15.9 Å². The number of aromatic nitrogens is 1. The number of amides is 1. The smallest absolute Gasteiger partial charge is 0.242 e. The standard InChI is InChI=1S/C15H13BrN2O/c1-15(2)12-4-3-9-17-13(12)18(14(15)19)11-7-5-10(16)6-8-11/h3-9H,1-2H3. The summed E-state index contributed by atoms with van der Waals surface area (Å²) in [5.74, 6) is 0.795. The van der Waals surface area contributed by atoms with Crippen molar-refractivity contribution in [2.45, 2.75) is 19.3 Å². The summed E-state index contributed by atoms with van der Waals surface area (Å²) in [6.45, 7) is 3.88. The lowest BCUT2D eigenvalue weighted by molar-refractivity contribution is -0.121. The molecule has 0 spiro atoms. The normalized spacial score (nSPS) is 16.6. The predicted molar refractivity (Wildman–Crippen MR) is 78.6 cm³/mol. The molecule has 0 radical (unpaired) electrons. The minimum absolute atomic E-state index is 0.0588. The Morgan fingerprint density at radius 3 is 2.53 bits per heavy atom. The van der Waals surface area contributed by atoms with Crippen LogP contribution in [0.4, 0.5) is 11.5 Å². The third kappa shape index (κ3) is 1.78. The molecule has 0 atom stereocenters. The number of rotatable bonds is 1. The Hall–Kier alpha value is -1.68. The molecule has 19 heavy (non-hydrogen) atoms. The highest BCUT2D eigenvalue weighted by Crippen LogP contribution is 2.43. The summed E-state index contributed by atoms with van der Waals surface area (Å²) in [5.41, 5.74) is 1.29. The minimum atomic E-state index is -0.531. The predicted octanol–water partition coefficient (Wildman–Crippen LogP) is 3.80. The molecule has 3 nitrogen and oxygen atoms in total. The molecule has 0 saturated heterocycles. The van der Waals surface area contributed by atoms with E-state index in [1.807, 2.05) is 50.2 Å². The molecule has 0 bridgehead atoms. The van der Waals surface area contributed by atoms with E-state index in [1.54, 1.807) is 11.1 Å². The molecule has 0 aliphatic carbocycles. The van der Waals surface area contributed by atoms with E-state index < -0.39 is 5.41 Å². The van der Waals surface area contributed by atoms with Gasteiger partial charge < -0.3 is 0 Å². The number of nitrogens with zero attached hydrogens (tertiary/aromatic N) is 2. The van der Waals surface area contributed by atoms with Gasteiger partial charge in [0, 0.05) is 16.2 Å². The Bertz CT molecular complexity index is 649. The number of hydrogen-bond donors (Lipinski definition) is 0. The van der Waals surface area contributed by atoms with Crippen LogP contribution in [0.25, 0.3) is 0 Å². The summed E-state index contributed by atoms with van der Waals surface area (Å²) < 4.78 is 0.989. The van der Waals surface area contributed by atoms with E-state index in [4.69, 9.17) is 0 Å². The summed E-state index contributed by atoms with van der Waals surface area (Å²) >= 11 is 3.40. The number of anilines is 2. The van der Waals surface area contributed by atoms with Gasteiger partial charge in [-0.25, -0.2) is 4.98 Å². The molecule has 1 aliphatic heterocycles. The van der Waals surface area contributed by atoms with Crippen LogP contribution in [0, 0.1) is 0 Å². The second-order valence-corrected chi connectivity index (χ2v) is 6.03.